The Kier molecular flexibility index (Phi) is 4.95. The number of amides is 1. The lowest BCUT2D eigenvalue weighted by atomic mass is 10.1. The minimum Gasteiger partial charge on any atom is -0.469 e. The standard InChI is InChI=1S/C15H13ClN2O4/c1-21-13(19)6-9-3-2-4-11(5-9)22-15-12(16)7-10(8-18-15)14(17)20/h2-5,7-8H,6H2,1H3,(H2,17,20). The summed E-state index contributed by atoms with van der Waals surface area (Å²) in [5.74, 6) is -0.371. The fourth-order valence-electron chi connectivity index (χ4n) is 1.70. The van der Waals surface area contributed by atoms with Gasteiger partial charge in [-0.3, -0.25) is 9.59 Å². The van der Waals surface area contributed by atoms with E-state index in [9.17, 15) is 9.59 Å². The molecule has 7 heteroatoms. The maximum absolute atomic E-state index is 11.3. The fraction of sp³-hybridized carbons (Fsp3) is 0.133. The number of pyridine rings is 1. The number of benzene rings is 1. The topological polar surface area (TPSA) is 91.5 Å². The molecule has 6 nitrogen and oxygen atoms in total. The number of nitrogens with two attached hydrogens (primary N) is 1. The van der Waals surface area contributed by atoms with Crippen LogP contribution in [0.5, 0.6) is 11.6 Å². The number of primary amides is 1. The van der Waals surface area contributed by atoms with E-state index in [2.05, 4.69) is 9.72 Å². The van der Waals surface area contributed by atoms with Crippen LogP contribution in [-0.2, 0) is 16.0 Å². The number of aromatic nitrogens is 1. The van der Waals surface area contributed by atoms with Crippen LogP contribution in [0.1, 0.15) is 15.9 Å². The van der Waals surface area contributed by atoms with E-state index in [0.717, 1.165) is 5.56 Å². The molecule has 1 aromatic carbocycles. The average Bonchev–Trinajstić information content (AvgIpc) is 2.49. The molecule has 0 aliphatic heterocycles. The van der Waals surface area contributed by atoms with Crippen molar-refractivity contribution in [2.75, 3.05) is 7.11 Å². The number of carbonyl (C=O) groups is 2. The summed E-state index contributed by atoms with van der Waals surface area (Å²) in [4.78, 5) is 26.3. The van der Waals surface area contributed by atoms with E-state index in [4.69, 9.17) is 22.1 Å². The van der Waals surface area contributed by atoms with Crippen LogP contribution in [0.15, 0.2) is 36.5 Å². The molecule has 0 atom stereocenters. The number of ether oxygens (including phenoxy) is 2. The highest BCUT2D eigenvalue weighted by Crippen LogP contribution is 2.28. The number of hydrogen-bond acceptors (Lipinski definition) is 5. The van der Waals surface area contributed by atoms with E-state index in [1.54, 1.807) is 24.3 Å². The molecule has 1 aromatic heterocycles. The van der Waals surface area contributed by atoms with Crippen molar-refractivity contribution in [1.82, 2.24) is 4.98 Å². The Balaban J connectivity index is 2.18. The molecule has 0 spiro atoms. The molecule has 0 fully saturated rings. The molecule has 0 saturated heterocycles. The molecule has 0 radical (unpaired) electrons. The molecular weight excluding hydrogens is 308 g/mol. The summed E-state index contributed by atoms with van der Waals surface area (Å²) in [7, 11) is 1.33. The summed E-state index contributed by atoms with van der Waals surface area (Å²) >= 11 is 6.00. The second-order valence-corrected chi connectivity index (χ2v) is 4.78. The quantitative estimate of drug-likeness (QED) is 0.854. The van der Waals surface area contributed by atoms with Gasteiger partial charge >= 0.3 is 5.97 Å². The van der Waals surface area contributed by atoms with Gasteiger partial charge in [-0.2, -0.15) is 0 Å². The zero-order chi connectivity index (χ0) is 16.1. The molecular formula is C15H13ClN2O4. The van der Waals surface area contributed by atoms with Crippen LogP contribution in [0.4, 0.5) is 0 Å². The van der Waals surface area contributed by atoms with Crippen molar-refractivity contribution in [2.24, 2.45) is 5.73 Å². The van der Waals surface area contributed by atoms with Crippen molar-refractivity contribution in [2.45, 2.75) is 6.42 Å². The van der Waals surface area contributed by atoms with Gasteiger partial charge in [0.15, 0.2) is 0 Å². The molecule has 1 amide bonds. The highest BCUT2D eigenvalue weighted by atomic mass is 35.5. The van der Waals surface area contributed by atoms with Gasteiger partial charge in [0.2, 0.25) is 11.8 Å². The van der Waals surface area contributed by atoms with E-state index in [1.807, 2.05) is 0 Å². The van der Waals surface area contributed by atoms with Crippen LogP contribution >= 0.6 is 11.6 Å². The first kappa shape index (κ1) is 15.8. The Morgan fingerprint density at radius 2 is 2.09 bits per heavy atom. The molecule has 0 aliphatic carbocycles. The van der Waals surface area contributed by atoms with Crippen molar-refractivity contribution in [3.05, 3.63) is 52.7 Å². The first-order valence-corrected chi connectivity index (χ1v) is 6.66. The Labute approximate surface area is 131 Å². The minimum absolute atomic E-state index is 0.134. The molecule has 22 heavy (non-hydrogen) atoms. The second-order valence-electron chi connectivity index (χ2n) is 4.38. The first-order chi connectivity index (χ1) is 10.5. The minimum atomic E-state index is -0.624. The molecule has 0 unspecified atom stereocenters. The Hall–Kier alpha value is -2.60. The summed E-state index contributed by atoms with van der Waals surface area (Å²) in [5.41, 5.74) is 6.06. The molecule has 0 saturated carbocycles. The molecule has 2 aromatic rings. The van der Waals surface area contributed by atoms with E-state index < -0.39 is 5.91 Å². The third-order valence-electron chi connectivity index (χ3n) is 2.78. The smallest absolute Gasteiger partial charge is 0.309 e. The molecule has 114 valence electrons. The number of hydrogen-bond donors (Lipinski definition) is 1. The van der Waals surface area contributed by atoms with Crippen LogP contribution in [0.3, 0.4) is 0 Å². The van der Waals surface area contributed by atoms with E-state index in [1.165, 1.54) is 19.4 Å². The normalized spacial score (nSPS) is 10.1. The zero-order valence-electron chi connectivity index (χ0n) is 11.7. The van der Waals surface area contributed by atoms with Gasteiger partial charge in [0.05, 0.1) is 19.1 Å². The summed E-state index contributed by atoms with van der Waals surface area (Å²) < 4.78 is 10.2. The van der Waals surface area contributed by atoms with Crippen molar-refractivity contribution in [3.63, 3.8) is 0 Å². The third kappa shape index (κ3) is 3.95. The van der Waals surface area contributed by atoms with Crippen LogP contribution in [0, 0.1) is 0 Å². The van der Waals surface area contributed by atoms with E-state index in [-0.39, 0.29) is 28.9 Å². The maximum atomic E-state index is 11.3. The summed E-state index contributed by atoms with van der Waals surface area (Å²) in [5, 5.41) is 0.162. The van der Waals surface area contributed by atoms with Crippen LogP contribution in [0.2, 0.25) is 5.02 Å². The molecule has 2 rings (SSSR count). The van der Waals surface area contributed by atoms with Gasteiger partial charge < -0.3 is 15.2 Å². The van der Waals surface area contributed by atoms with Gasteiger partial charge in [0, 0.05) is 6.20 Å². The van der Waals surface area contributed by atoms with Gasteiger partial charge in [-0.05, 0) is 23.8 Å². The highest BCUT2D eigenvalue weighted by molar-refractivity contribution is 6.32. The Morgan fingerprint density at radius 1 is 1.32 bits per heavy atom. The van der Waals surface area contributed by atoms with Crippen molar-refractivity contribution < 1.29 is 19.1 Å². The number of methoxy groups -OCH3 is 1. The predicted molar refractivity (Wildman–Crippen MR) is 80.0 cm³/mol. The number of nitrogens with zero attached hydrogens (tertiary/aromatic N) is 1. The van der Waals surface area contributed by atoms with Crippen LogP contribution in [-0.4, -0.2) is 24.0 Å². The Bertz CT molecular complexity index is 718. The summed E-state index contributed by atoms with van der Waals surface area (Å²) in [6, 6.07) is 8.26. The Morgan fingerprint density at radius 3 is 2.73 bits per heavy atom. The SMILES string of the molecule is COC(=O)Cc1cccc(Oc2ncc(C(N)=O)cc2Cl)c1. The molecule has 0 bridgehead atoms. The number of rotatable bonds is 5. The largest absolute Gasteiger partial charge is 0.469 e. The third-order valence-corrected chi connectivity index (χ3v) is 3.05. The lowest BCUT2D eigenvalue weighted by Gasteiger charge is -2.08. The molecule has 2 N–H and O–H groups in total. The lowest BCUT2D eigenvalue weighted by Crippen LogP contribution is -2.11. The van der Waals surface area contributed by atoms with Gasteiger partial charge in [-0.15, -0.1) is 0 Å². The number of carbonyl (C=O) groups excluding carboxylic acids is 2. The average molecular weight is 321 g/mol. The number of halogens is 1. The predicted octanol–water partition coefficient (Wildman–Crippen LogP) is 2.34. The zero-order valence-corrected chi connectivity index (χ0v) is 12.5. The van der Waals surface area contributed by atoms with Gasteiger partial charge in [-0.25, -0.2) is 4.98 Å². The first-order valence-electron chi connectivity index (χ1n) is 6.28. The summed E-state index contributed by atoms with van der Waals surface area (Å²) in [6.45, 7) is 0. The monoisotopic (exact) mass is 320 g/mol. The molecule has 1 heterocycles. The van der Waals surface area contributed by atoms with Crippen molar-refractivity contribution in [1.29, 1.82) is 0 Å². The highest BCUT2D eigenvalue weighted by Gasteiger charge is 2.10. The second kappa shape index (κ2) is 6.91. The van der Waals surface area contributed by atoms with Crippen LogP contribution in [0.25, 0.3) is 0 Å². The number of esters is 1. The van der Waals surface area contributed by atoms with Crippen molar-refractivity contribution in [3.8, 4) is 11.6 Å². The van der Waals surface area contributed by atoms with E-state index >= 15 is 0 Å². The fourth-order valence-corrected chi connectivity index (χ4v) is 1.91. The van der Waals surface area contributed by atoms with Gasteiger partial charge in [-0.1, -0.05) is 23.7 Å². The van der Waals surface area contributed by atoms with Gasteiger partial charge in [0.25, 0.3) is 0 Å². The van der Waals surface area contributed by atoms with Crippen molar-refractivity contribution >= 4 is 23.5 Å². The van der Waals surface area contributed by atoms with Gasteiger partial charge in [0.1, 0.15) is 10.8 Å². The molecule has 0 aliphatic rings. The van der Waals surface area contributed by atoms with Crippen LogP contribution < -0.4 is 10.5 Å². The maximum Gasteiger partial charge on any atom is 0.309 e. The summed E-state index contributed by atoms with van der Waals surface area (Å²) in [6.07, 6.45) is 1.41. The van der Waals surface area contributed by atoms with E-state index in [0.29, 0.717) is 5.75 Å². The lowest BCUT2D eigenvalue weighted by molar-refractivity contribution is -0.139.